The fourth-order valence-electron chi connectivity index (χ4n) is 0. The first-order valence-corrected chi connectivity index (χ1v) is 0. The van der Waals surface area contributed by atoms with Crippen molar-refractivity contribution in [1.29, 1.82) is 0 Å². The van der Waals surface area contributed by atoms with Crippen molar-refractivity contribution in [2.75, 3.05) is 0 Å². The monoisotopic (exact) mass is 123 g/mol. The first-order valence-electron chi connectivity index (χ1n) is 0. The minimum absolute atomic E-state index is 0. The standard InChI is InChI=1S/2ClH.3H3N/h2*1H;3*1H3. The van der Waals surface area contributed by atoms with Crippen LogP contribution in [0.25, 0.3) is 0 Å². The number of hydrogen-bond donors (Lipinski definition) is 3. The normalized spacial score (nSPS) is 0. The smallest absolute Gasteiger partial charge is 0.344 e. The van der Waals surface area contributed by atoms with Crippen molar-refractivity contribution in [3.8, 4) is 0 Å². The molecule has 0 aromatic heterocycles. The van der Waals surface area contributed by atoms with Crippen LogP contribution in [-0.4, -0.2) is 0 Å². The van der Waals surface area contributed by atoms with E-state index < -0.39 is 0 Å². The van der Waals surface area contributed by atoms with Crippen LogP contribution in [0.1, 0.15) is 0 Å². The van der Waals surface area contributed by atoms with Gasteiger partial charge < -0.3 is 43.3 Å². The van der Waals surface area contributed by atoms with Crippen molar-refractivity contribution >= 4 is 0 Å². The molecule has 0 saturated carbocycles. The molecule has 0 aliphatic heterocycles. The largest absolute Gasteiger partial charge is 1.00 e. The van der Waals surface area contributed by atoms with Gasteiger partial charge in [0.2, 0.25) is 0 Å². The summed E-state index contributed by atoms with van der Waals surface area (Å²) < 4.78 is 0. The number of hydrogen-bond acceptors (Lipinski definition) is 1. The highest BCUT2D eigenvalue weighted by Gasteiger charge is -0.344. The maximum absolute atomic E-state index is 0. The van der Waals surface area contributed by atoms with E-state index in [1.54, 1.807) is 0 Å². The SMILES string of the molecule is N.[Cl-].[Cl-].[NH4+].[NH4+]. The van der Waals surface area contributed by atoms with E-state index in [9.17, 15) is 0 Å². The Labute approximate surface area is 44.1 Å². The van der Waals surface area contributed by atoms with Crippen LogP contribution in [0.5, 0.6) is 0 Å². The highest BCUT2D eigenvalue weighted by atomic mass is 35.5. The van der Waals surface area contributed by atoms with Crippen LogP contribution in [0.4, 0.5) is 0 Å². The summed E-state index contributed by atoms with van der Waals surface area (Å²) in [6.07, 6.45) is 0. The zero-order chi connectivity index (χ0) is 0. The van der Waals surface area contributed by atoms with Gasteiger partial charge in [0, 0.05) is 0 Å². The van der Waals surface area contributed by atoms with E-state index >= 15 is 0 Å². The lowest BCUT2D eigenvalue weighted by Crippen LogP contribution is -3.00. The third kappa shape index (κ3) is 128. The van der Waals surface area contributed by atoms with Crippen LogP contribution in [0.3, 0.4) is 0 Å². The van der Waals surface area contributed by atoms with Gasteiger partial charge in [0.1, 0.15) is 0 Å². The minimum atomic E-state index is 0. The molecule has 0 unspecified atom stereocenters. The van der Waals surface area contributed by atoms with E-state index in [0.717, 1.165) is 0 Å². The highest BCUT2D eigenvalue weighted by Crippen LogP contribution is -0.479. The molecule has 3 nitrogen and oxygen atoms in total. The number of rotatable bonds is 0. The van der Waals surface area contributed by atoms with Crippen molar-refractivity contribution in [1.82, 2.24) is 18.5 Å². The lowest BCUT2D eigenvalue weighted by Gasteiger charge is -1.00. The molecule has 0 bridgehead atoms. The van der Waals surface area contributed by atoms with Gasteiger partial charge in [-0.25, -0.2) is 0 Å². The lowest BCUT2D eigenvalue weighted by atomic mass is 14.0. The van der Waals surface area contributed by atoms with Crippen molar-refractivity contribution in [2.24, 2.45) is 0 Å². The topological polar surface area (TPSA) is 108 Å². The summed E-state index contributed by atoms with van der Waals surface area (Å²) in [7, 11) is 0. The Morgan fingerprint density at radius 1 is 0.600 bits per heavy atom. The average Bonchev–Trinajstić information content (AvgIpc) is 0. The van der Waals surface area contributed by atoms with Crippen molar-refractivity contribution < 1.29 is 24.8 Å². The maximum atomic E-state index is 0. The zero-order valence-electron chi connectivity index (χ0n) is 3.46. The van der Waals surface area contributed by atoms with E-state index in [1.165, 1.54) is 0 Å². The predicted octanol–water partition coefficient (Wildman–Crippen LogP) is -5.08. The molecule has 0 aliphatic rings. The van der Waals surface area contributed by atoms with Crippen LogP contribution in [0.2, 0.25) is 0 Å². The molecule has 0 aromatic carbocycles. The molecule has 0 saturated heterocycles. The molecule has 0 aromatic rings. The molecule has 40 valence electrons. The van der Waals surface area contributed by atoms with Crippen LogP contribution in [-0.2, 0) is 0 Å². The maximum Gasteiger partial charge on any atom is -0.344 e. The Hall–Kier alpha value is 0.460. The van der Waals surface area contributed by atoms with E-state index in [2.05, 4.69) is 0 Å². The summed E-state index contributed by atoms with van der Waals surface area (Å²) in [6.45, 7) is 0. The second-order valence-electron chi connectivity index (χ2n) is 0. The van der Waals surface area contributed by atoms with Crippen LogP contribution >= 0.6 is 0 Å². The molecule has 0 amide bonds. The molecule has 5 heteroatoms. The summed E-state index contributed by atoms with van der Waals surface area (Å²) in [4.78, 5) is 0. The first kappa shape index (κ1) is 513. The Kier molecular flexibility index (Phi) is 25900. The van der Waals surface area contributed by atoms with Gasteiger partial charge in [0.05, 0.1) is 0 Å². The molecule has 0 spiro atoms. The van der Waals surface area contributed by atoms with Crippen LogP contribution in [0, 0.1) is 0 Å². The summed E-state index contributed by atoms with van der Waals surface area (Å²) in [6, 6.07) is 0. The molecular formula is H11Cl2N3. The zero-order valence-corrected chi connectivity index (χ0v) is 4.97. The second kappa shape index (κ2) is 252. The fourth-order valence-corrected chi connectivity index (χ4v) is 0. The molecule has 0 heterocycles. The highest BCUT2D eigenvalue weighted by molar-refractivity contribution is 2.14. The summed E-state index contributed by atoms with van der Waals surface area (Å²) in [5.41, 5.74) is 0. The third-order valence-electron chi connectivity index (χ3n) is 0. The Balaban J connectivity index is 0. The summed E-state index contributed by atoms with van der Waals surface area (Å²) in [5, 5.41) is 0. The quantitative estimate of drug-likeness (QED) is 0.295. The first-order chi connectivity index (χ1) is 0. The number of quaternary nitrogens is 2. The van der Waals surface area contributed by atoms with Crippen molar-refractivity contribution in [2.45, 2.75) is 0 Å². The molecular weight excluding hydrogens is 113 g/mol. The van der Waals surface area contributed by atoms with Crippen LogP contribution in [0.15, 0.2) is 0 Å². The van der Waals surface area contributed by atoms with E-state index in [1.807, 2.05) is 0 Å². The van der Waals surface area contributed by atoms with Gasteiger partial charge in [0.15, 0.2) is 0 Å². The Morgan fingerprint density at radius 2 is 0.600 bits per heavy atom. The van der Waals surface area contributed by atoms with Gasteiger partial charge in [0.25, 0.3) is 0 Å². The third-order valence-corrected chi connectivity index (χ3v) is 0. The molecule has 11 N–H and O–H groups in total. The predicted molar refractivity (Wildman–Crippen MR) is 17.0 cm³/mol. The Morgan fingerprint density at radius 3 is 0.600 bits per heavy atom. The molecule has 5 heavy (non-hydrogen) atoms. The summed E-state index contributed by atoms with van der Waals surface area (Å²) >= 11 is 0. The number of halogens is 2. The molecule has 0 radical (unpaired) electrons. The van der Waals surface area contributed by atoms with Crippen molar-refractivity contribution in [3.63, 3.8) is 0 Å². The Bertz CT molecular complexity index is 4.85. The van der Waals surface area contributed by atoms with Crippen molar-refractivity contribution in [3.05, 3.63) is 0 Å². The van der Waals surface area contributed by atoms with Gasteiger partial charge in [-0.1, -0.05) is 0 Å². The van der Waals surface area contributed by atoms with Gasteiger partial charge in [-0.05, 0) is 0 Å². The van der Waals surface area contributed by atoms with E-state index in [0.29, 0.717) is 0 Å². The van der Waals surface area contributed by atoms with E-state index in [4.69, 9.17) is 0 Å². The molecule has 0 rings (SSSR count). The fraction of sp³-hybridized carbons (Fsp3) is 0. The molecule has 0 aliphatic carbocycles. The second-order valence-corrected chi connectivity index (χ2v) is 0. The molecule has 0 fully saturated rings. The lowest BCUT2D eigenvalue weighted by molar-refractivity contribution is -0.001000. The minimum Gasteiger partial charge on any atom is -1.00 e. The van der Waals surface area contributed by atoms with Gasteiger partial charge >= 0.3 is 0 Å². The van der Waals surface area contributed by atoms with E-state index in [-0.39, 0.29) is 43.3 Å². The van der Waals surface area contributed by atoms with Gasteiger partial charge in [-0.3, -0.25) is 0 Å². The average molecular weight is 124 g/mol. The summed E-state index contributed by atoms with van der Waals surface area (Å²) in [5.74, 6) is 0. The van der Waals surface area contributed by atoms with Gasteiger partial charge in [-0.2, -0.15) is 0 Å². The van der Waals surface area contributed by atoms with Gasteiger partial charge in [-0.15, -0.1) is 0 Å². The van der Waals surface area contributed by atoms with Crippen LogP contribution < -0.4 is 43.3 Å². The molecule has 0 atom stereocenters.